The molecule has 0 heterocycles. The predicted molar refractivity (Wildman–Crippen MR) is 51.9 cm³/mol. The van der Waals surface area contributed by atoms with Gasteiger partial charge in [-0.15, -0.1) is 6.58 Å². The van der Waals surface area contributed by atoms with E-state index in [1.54, 1.807) is 6.20 Å². The first-order valence-corrected chi connectivity index (χ1v) is 3.76. The molecular weight excluding hydrogens is 134 g/mol. The van der Waals surface area contributed by atoms with Gasteiger partial charge in [-0.2, -0.15) is 0 Å². The first-order chi connectivity index (χ1) is 5.35. The van der Waals surface area contributed by atoms with Crippen LogP contribution in [0.4, 0.5) is 0 Å². The van der Waals surface area contributed by atoms with Gasteiger partial charge in [-0.05, 0) is 25.8 Å². The zero-order valence-electron chi connectivity index (χ0n) is 7.09. The summed E-state index contributed by atoms with van der Waals surface area (Å²) >= 11 is 0. The van der Waals surface area contributed by atoms with Gasteiger partial charge in [0.25, 0.3) is 0 Å². The second-order valence-electron chi connectivity index (χ2n) is 2.13. The average molecular weight is 149 g/mol. The fourth-order valence-electron chi connectivity index (χ4n) is 0.751. The largest absolute Gasteiger partial charge is 0.262 e. The Balaban J connectivity index is 3.98. The maximum Gasteiger partial charge on any atom is 0.0403 e. The van der Waals surface area contributed by atoms with Crippen LogP contribution in [0.25, 0.3) is 0 Å². The summed E-state index contributed by atoms with van der Waals surface area (Å²) in [6.07, 6.45) is 9.34. The molecule has 0 aromatic heterocycles. The van der Waals surface area contributed by atoms with Gasteiger partial charge in [0.05, 0.1) is 0 Å². The van der Waals surface area contributed by atoms with Gasteiger partial charge in [0.2, 0.25) is 0 Å². The molecule has 0 spiro atoms. The SMILES string of the molecule is C=CCCC(/C=C/C)=NC=C. The summed E-state index contributed by atoms with van der Waals surface area (Å²) in [5.41, 5.74) is 1.06. The Morgan fingerprint density at radius 2 is 2.18 bits per heavy atom. The third kappa shape index (κ3) is 5.34. The van der Waals surface area contributed by atoms with Crippen LogP contribution in [-0.2, 0) is 0 Å². The molecule has 0 saturated carbocycles. The highest BCUT2D eigenvalue weighted by Crippen LogP contribution is 1.96. The van der Waals surface area contributed by atoms with Crippen molar-refractivity contribution < 1.29 is 0 Å². The quantitative estimate of drug-likeness (QED) is 0.420. The summed E-state index contributed by atoms with van der Waals surface area (Å²) in [5, 5.41) is 0. The summed E-state index contributed by atoms with van der Waals surface area (Å²) in [4.78, 5) is 4.10. The van der Waals surface area contributed by atoms with Crippen LogP contribution in [0.1, 0.15) is 19.8 Å². The molecule has 11 heavy (non-hydrogen) atoms. The van der Waals surface area contributed by atoms with Crippen molar-refractivity contribution in [3.8, 4) is 0 Å². The topological polar surface area (TPSA) is 12.4 Å². The number of allylic oxidation sites excluding steroid dienone is 3. The van der Waals surface area contributed by atoms with Crippen LogP contribution in [0.15, 0.2) is 42.6 Å². The molecule has 0 bridgehead atoms. The Hall–Kier alpha value is -1.11. The van der Waals surface area contributed by atoms with E-state index < -0.39 is 0 Å². The van der Waals surface area contributed by atoms with Gasteiger partial charge in [0.15, 0.2) is 0 Å². The molecule has 0 saturated heterocycles. The van der Waals surface area contributed by atoms with Crippen molar-refractivity contribution in [2.45, 2.75) is 19.8 Å². The minimum absolute atomic E-state index is 0.944. The molecule has 0 amide bonds. The second kappa shape index (κ2) is 7.00. The van der Waals surface area contributed by atoms with Crippen LogP contribution >= 0.6 is 0 Å². The Morgan fingerprint density at radius 3 is 2.64 bits per heavy atom. The molecule has 0 N–H and O–H groups in total. The monoisotopic (exact) mass is 149 g/mol. The minimum atomic E-state index is 0.944. The molecule has 0 aliphatic heterocycles. The number of hydrogen-bond acceptors (Lipinski definition) is 1. The molecule has 0 rings (SSSR count). The van der Waals surface area contributed by atoms with Crippen LogP contribution in [0.5, 0.6) is 0 Å². The van der Waals surface area contributed by atoms with E-state index in [1.165, 1.54) is 0 Å². The fraction of sp³-hybridized carbons (Fsp3) is 0.300. The van der Waals surface area contributed by atoms with Crippen LogP contribution in [-0.4, -0.2) is 5.71 Å². The van der Waals surface area contributed by atoms with Crippen molar-refractivity contribution in [1.29, 1.82) is 0 Å². The molecule has 0 unspecified atom stereocenters. The van der Waals surface area contributed by atoms with Crippen molar-refractivity contribution in [3.05, 3.63) is 37.6 Å². The van der Waals surface area contributed by atoms with E-state index in [4.69, 9.17) is 0 Å². The van der Waals surface area contributed by atoms with Gasteiger partial charge in [0, 0.05) is 11.9 Å². The summed E-state index contributed by atoms with van der Waals surface area (Å²) in [5.74, 6) is 0. The zero-order valence-corrected chi connectivity index (χ0v) is 7.09. The molecule has 0 aromatic carbocycles. The lowest BCUT2D eigenvalue weighted by molar-refractivity contribution is 1.10. The van der Waals surface area contributed by atoms with Gasteiger partial charge in [-0.25, -0.2) is 0 Å². The number of aliphatic imine (C=N–C) groups is 1. The fourth-order valence-corrected chi connectivity index (χ4v) is 0.751. The average Bonchev–Trinajstić information content (AvgIpc) is 2.01. The second-order valence-corrected chi connectivity index (χ2v) is 2.13. The third-order valence-corrected chi connectivity index (χ3v) is 1.22. The summed E-state index contributed by atoms with van der Waals surface area (Å²) in [6, 6.07) is 0. The predicted octanol–water partition coefficient (Wildman–Crippen LogP) is 3.11. The van der Waals surface area contributed by atoms with Gasteiger partial charge in [0.1, 0.15) is 0 Å². The summed E-state index contributed by atoms with van der Waals surface area (Å²) in [6.45, 7) is 9.17. The smallest absolute Gasteiger partial charge is 0.0403 e. The summed E-state index contributed by atoms with van der Waals surface area (Å²) in [7, 11) is 0. The van der Waals surface area contributed by atoms with Crippen molar-refractivity contribution in [3.63, 3.8) is 0 Å². The van der Waals surface area contributed by atoms with Crippen molar-refractivity contribution in [2.75, 3.05) is 0 Å². The van der Waals surface area contributed by atoms with E-state index in [0.717, 1.165) is 18.6 Å². The molecule has 1 nitrogen and oxygen atoms in total. The number of nitrogens with zero attached hydrogens (tertiary/aromatic N) is 1. The van der Waals surface area contributed by atoms with Crippen LogP contribution in [0.2, 0.25) is 0 Å². The molecule has 60 valence electrons. The van der Waals surface area contributed by atoms with Crippen molar-refractivity contribution in [2.24, 2.45) is 4.99 Å². The van der Waals surface area contributed by atoms with Crippen LogP contribution in [0, 0.1) is 0 Å². The molecule has 0 radical (unpaired) electrons. The number of rotatable bonds is 5. The first-order valence-electron chi connectivity index (χ1n) is 3.76. The Labute approximate surface area is 68.9 Å². The Morgan fingerprint density at radius 1 is 1.45 bits per heavy atom. The maximum atomic E-state index is 4.10. The Kier molecular flexibility index (Phi) is 6.30. The van der Waals surface area contributed by atoms with Gasteiger partial charge in [-0.3, -0.25) is 4.99 Å². The van der Waals surface area contributed by atoms with E-state index in [9.17, 15) is 0 Å². The lowest BCUT2D eigenvalue weighted by Gasteiger charge is -1.94. The highest BCUT2D eigenvalue weighted by atomic mass is 14.7. The van der Waals surface area contributed by atoms with E-state index in [-0.39, 0.29) is 0 Å². The van der Waals surface area contributed by atoms with Crippen molar-refractivity contribution in [1.82, 2.24) is 0 Å². The van der Waals surface area contributed by atoms with Crippen LogP contribution in [0.3, 0.4) is 0 Å². The minimum Gasteiger partial charge on any atom is -0.262 e. The third-order valence-electron chi connectivity index (χ3n) is 1.22. The molecule has 0 aliphatic rings. The maximum absolute atomic E-state index is 4.10. The van der Waals surface area contributed by atoms with E-state index in [1.807, 2.05) is 25.2 Å². The lowest BCUT2D eigenvalue weighted by atomic mass is 10.2. The lowest BCUT2D eigenvalue weighted by Crippen LogP contribution is -1.90. The van der Waals surface area contributed by atoms with E-state index in [0.29, 0.717) is 0 Å². The molecule has 0 fully saturated rings. The first kappa shape index (κ1) is 9.89. The molecule has 0 aliphatic carbocycles. The van der Waals surface area contributed by atoms with Gasteiger partial charge in [-0.1, -0.05) is 18.7 Å². The van der Waals surface area contributed by atoms with Gasteiger partial charge < -0.3 is 0 Å². The highest BCUT2D eigenvalue weighted by Gasteiger charge is 1.89. The van der Waals surface area contributed by atoms with E-state index >= 15 is 0 Å². The number of hydrogen-bond donors (Lipinski definition) is 0. The molecule has 0 atom stereocenters. The molecule has 1 heteroatoms. The molecule has 0 aromatic rings. The normalized spacial score (nSPS) is 11.9. The van der Waals surface area contributed by atoms with E-state index in [2.05, 4.69) is 18.2 Å². The van der Waals surface area contributed by atoms with Crippen molar-refractivity contribution >= 4 is 5.71 Å². The molecular formula is C10H15N. The van der Waals surface area contributed by atoms with Gasteiger partial charge >= 0.3 is 0 Å². The highest BCUT2D eigenvalue weighted by molar-refractivity contribution is 5.95. The Bertz CT molecular complexity index is 175. The standard InChI is InChI=1S/C10H15N/c1-4-7-9-10(8-5-2)11-6-3/h4-6,8H,1,3,7,9H2,2H3/b8-5+,11-10?. The zero-order chi connectivity index (χ0) is 8.53. The summed E-state index contributed by atoms with van der Waals surface area (Å²) < 4.78 is 0. The van der Waals surface area contributed by atoms with Crippen LogP contribution < -0.4 is 0 Å².